The number of aryl methyl sites for hydroxylation is 1. The molecular weight excluding hydrogens is 326 g/mol. The van der Waals surface area contributed by atoms with E-state index >= 15 is 0 Å². The van der Waals surface area contributed by atoms with Crippen molar-refractivity contribution in [3.05, 3.63) is 46.2 Å². The number of hydrogen-bond donors (Lipinski definition) is 1. The third kappa shape index (κ3) is 3.66. The van der Waals surface area contributed by atoms with Crippen LogP contribution in [0.4, 0.5) is 0 Å². The Balaban J connectivity index is 1.79. The van der Waals surface area contributed by atoms with Crippen LogP contribution in [-0.2, 0) is 9.53 Å². The Kier molecular flexibility index (Phi) is 4.97. The molecule has 2 aromatic rings. The number of carboxylic acids is 1. The molecule has 3 rings (SSSR count). The van der Waals surface area contributed by atoms with Crippen LogP contribution in [-0.4, -0.2) is 47.7 Å². The summed E-state index contributed by atoms with van der Waals surface area (Å²) in [4.78, 5) is 26.1. The van der Waals surface area contributed by atoms with E-state index in [-0.39, 0.29) is 12.3 Å². The number of carbonyl (C=O) groups is 2. The fourth-order valence-electron chi connectivity index (χ4n) is 2.80. The van der Waals surface area contributed by atoms with Gasteiger partial charge in [0.1, 0.15) is 0 Å². The highest BCUT2D eigenvalue weighted by atomic mass is 32.1. The molecule has 0 bridgehead atoms. The molecule has 1 fully saturated rings. The van der Waals surface area contributed by atoms with Gasteiger partial charge in [0.25, 0.3) is 5.91 Å². The fourth-order valence-corrected chi connectivity index (χ4v) is 3.68. The van der Waals surface area contributed by atoms with Gasteiger partial charge in [0, 0.05) is 18.7 Å². The molecule has 24 heavy (non-hydrogen) atoms. The second kappa shape index (κ2) is 7.15. The molecule has 1 aliphatic rings. The van der Waals surface area contributed by atoms with Crippen LogP contribution in [0.1, 0.15) is 21.7 Å². The maximum Gasteiger partial charge on any atom is 0.306 e. The predicted octanol–water partition coefficient (Wildman–Crippen LogP) is 3.04. The summed E-state index contributed by atoms with van der Waals surface area (Å²) in [7, 11) is 0. The lowest BCUT2D eigenvalue weighted by Crippen LogP contribution is -2.46. The summed E-state index contributed by atoms with van der Waals surface area (Å²) in [5.74, 6) is -0.968. The average Bonchev–Trinajstić information content (AvgIpc) is 3.04. The van der Waals surface area contributed by atoms with E-state index < -0.39 is 12.1 Å². The highest BCUT2D eigenvalue weighted by molar-refractivity contribution is 7.12. The summed E-state index contributed by atoms with van der Waals surface area (Å²) < 4.78 is 5.44. The third-order valence-corrected chi connectivity index (χ3v) is 4.95. The molecule has 0 aliphatic carbocycles. The molecule has 6 heteroatoms. The Labute approximate surface area is 144 Å². The highest BCUT2D eigenvalue weighted by Gasteiger charge is 2.28. The molecule has 5 nitrogen and oxygen atoms in total. The van der Waals surface area contributed by atoms with Crippen LogP contribution in [0.15, 0.2) is 35.7 Å². The van der Waals surface area contributed by atoms with Gasteiger partial charge in [0.05, 0.1) is 24.0 Å². The lowest BCUT2D eigenvalue weighted by molar-refractivity contribution is -0.141. The lowest BCUT2D eigenvalue weighted by Gasteiger charge is -2.32. The number of hydrogen-bond acceptors (Lipinski definition) is 4. The van der Waals surface area contributed by atoms with Gasteiger partial charge >= 0.3 is 5.97 Å². The Morgan fingerprint density at radius 1 is 1.29 bits per heavy atom. The molecule has 1 saturated heterocycles. The number of benzene rings is 1. The summed E-state index contributed by atoms with van der Waals surface area (Å²) in [6.45, 7) is 3.20. The van der Waals surface area contributed by atoms with E-state index in [1.165, 1.54) is 16.9 Å². The van der Waals surface area contributed by atoms with Gasteiger partial charge < -0.3 is 14.7 Å². The number of amides is 1. The van der Waals surface area contributed by atoms with Gasteiger partial charge in [-0.05, 0) is 23.9 Å². The van der Waals surface area contributed by atoms with Crippen molar-refractivity contribution in [1.29, 1.82) is 0 Å². The van der Waals surface area contributed by atoms with Gasteiger partial charge in [-0.3, -0.25) is 9.59 Å². The minimum absolute atomic E-state index is 0.0562. The SMILES string of the molecule is Cc1ccc(-c2ccsc2C(=O)N2CCOC(CC(=O)O)C2)cc1. The topological polar surface area (TPSA) is 66.8 Å². The first-order chi connectivity index (χ1) is 11.5. The molecule has 1 aromatic heterocycles. The zero-order valence-corrected chi connectivity index (χ0v) is 14.2. The normalized spacial score (nSPS) is 17.7. The van der Waals surface area contributed by atoms with Gasteiger partial charge in [0.15, 0.2) is 0 Å². The predicted molar refractivity (Wildman–Crippen MR) is 92.4 cm³/mol. The van der Waals surface area contributed by atoms with E-state index in [1.807, 2.05) is 42.6 Å². The van der Waals surface area contributed by atoms with E-state index in [0.717, 1.165) is 11.1 Å². The van der Waals surface area contributed by atoms with E-state index in [0.29, 0.717) is 24.6 Å². The number of carboxylic acid groups (broad SMARTS) is 1. The summed E-state index contributed by atoms with van der Waals surface area (Å²) in [5, 5.41) is 10.8. The smallest absolute Gasteiger partial charge is 0.306 e. The highest BCUT2D eigenvalue weighted by Crippen LogP contribution is 2.30. The quantitative estimate of drug-likeness (QED) is 0.925. The third-order valence-electron chi connectivity index (χ3n) is 4.05. The van der Waals surface area contributed by atoms with Crippen molar-refractivity contribution >= 4 is 23.2 Å². The number of aliphatic carboxylic acids is 1. The number of thiophene rings is 1. The maximum atomic E-state index is 12.9. The van der Waals surface area contributed by atoms with E-state index in [1.54, 1.807) is 4.90 Å². The Hall–Kier alpha value is -2.18. The number of ether oxygens (including phenoxy) is 1. The molecule has 1 amide bonds. The Morgan fingerprint density at radius 2 is 2.04 bits per heavy atom. The zero-order chi connectivity index (χ0) is 17.1. The van der Waals surface area contributed by atoms with Gasteiger partial charge in [-0.25, -0.2) is 0 Å². The van der Waals surface area contributed by atoms with Crippen LogP contribution >= 0.6 is 11.3 Å². The molecule has 1 N–H and O–H groups in total. The van der Waals surface area contributed by atoms with E-state index in [2.05, 4.69) is 0 Å². The summed E-state index contributed by atoms with van der Waals surface area (Å²) >= 11 is 1.42. The van der Waals surface area contributed by atoms with Crippen LogP contribution < -0.4 is 0 Å². The van der Waals surface area contributed by atoms with Crippen LogP contribution in [0.25, 0.3) is 11.1 Å². The van der Waals surface area contributed by atoms with Crippen molar-refractivity contribution in [3.63, 3.8) is 0 Å². The first kappa shape index (κ1) is 16.7. The molecule has 1 unspecified atom stereocenters. The van der Waals surface area contributed by atoms with Gasteiger partial charge in [-0.1, -0.05) is 29.8 Å². The van der Waals surface area contributed by atoms with Crippen molar-refractivity contribution in [2.45, 2.75) is 19.4 Å². The summed E-state index contributed by atoms with van der Waals surface area (Å²) in [6.07, 6.45) is -0.526. The van der Waals surface area contributed by atoms with E-state index in [9.17, 15) is 9.59 Å². The number of nitrogens with zero attached hydrogens (tertiary/aromatic N) is 1. The zero-order valence-electron chi connectivity index (χ0n) is 13.4. The van der Waals surface area contributed by atoms with Crippen molar-refractivity contribution in [2.24, 2.45) is 0 Å². The minimum atomic E-state index is -0.911. The molecule has 2 heterocycles. The lowest BCUT2D eigenvalue weighted by atomic mass is 10.0. The minimum Gasteiger partial charge on any atom is -0.481 e. The summed E-state index contributed by atoms with van der Waals surface area (Å²) in [5.41, 5.74) is 3.11. The molecule has 1 atom stereocenters. The first-order valence-corrected chi connectivity index (χ1v) is 8.70. The molecule has 1 aliphatic heterocycles. The molecule has 0 radical (unpaired) electrons. The largest absolute Gasteiger partial charge is 0.481 e. The molecule has 1 aromatic carbocycles. The van der Waals surface area contributed by atoms with Crippen LogP contribution in [0.2, 0.25) is 0 Å². The summed E-state index contributed by atoms with van der Waals surface area (Å²) in [6, 6.07) is 10.0. The number of carbonyl (C=O) groups excluding carboxylic acids is 1. The molecule has 126 valence electrons. The number of rotatable bonds is 4. The standard InChI is InChI=1S/C18H19NO4S/c1-12-2-4-13(5-3-12)15-6-9-24-17(15)18(22)19-7-8-23-14(11-19)10-16(20)21/h2-6,9,14H,7-8,10-11H2,1H3,(H,20,21). The van der Waals surface area contributed by atoms with Crippen molar-refractivity contribution in [1.82, 2.24) is 4.90 Å². The van der Waals surface area contributed by atoms with Crippen molar-refractivity contribution < 1.29 is 19.4 Å². The van der Waals surface area contributed by atoms with Gasteiger partial charge in [-0.2, -0.15) is 0 Å². The van der Waals surface area contributed by atoms with E-state index in [4.69, 9.17) is 9.84 Å². The van der Waals surface area contributed by atoms with Crippen molar-refractivity contribution in [2.75, 3.05) is 19.7 Å². The Bertz CT molecular complexity index is 738. The first-order valence-electron chi connectivity index (χ1n) is 7.82. The fraction of sp³-hybridized carbons (Fsp3) is 0.333. The van der Waals surface area contributed by atoms with Crippen LogP contribution in [0.3, 0.4) is 0 Å². The Morgan fingerprint density at radius 3 is 2.75 bits per heavy atom. The maximum absolute atomic E-state index is 12.9. The van der Waals surface area contributed by atoms with Gasteiger partial charge in [0.2, 0.25) is 0 Å². The van der Waals surface area contributed by atoms with Crippen LogP contribution in [0.5, 0.6) is 0 Å². The second-order valence-electron chi connectivity index (χ2n) is 5.87. The molecule has 0 spiro atoms. The van der Waals surface area contributed by atoms with Gasteiger partial charge in [-0.15, -0.1) is 11.3 Å². The molecular formula is C18H19NO4S. The van der Waals surface area contributed by atoms with Crippen LogP contribution in [0, 0.1) is 6.92 Å². The van der Waals surface area contributed by atoms with Crippen molar-refractivity contribution in [3.8, 4) is 11.1 Å². The second-order valence-corrected chi connectivity index (χ2v) is 6.79. The number of morpholine rings is 1. The molecule has 0 saturated carbocycles. The monoisotopic (exact) mass is 345 g/mol. The average molecular weight is 345 g/mol.